The maximum atomic E-state index is 12.5. The summed E-state index contributed by atoms with van der Waals surface area (Å²) >= 11 is 0. The Morgan fingerprint density at radius 3 is 2.31 bits per heavy atom. The van der Waals surface area contributed by atoms with E-state index in [9.17, 15) is 18.0 Å². The zero-order valence-electron chi connectivity index (χ0n) is 8.93. The van der Waals surface area contributed by atoms with E-state index in [1.807, 2.05) is 0 Å². The minimum atomic E-state index is -4.16. The van der Waals surface area contributed by atoms with Gasteiger partial charge in [0, 0.05) is 0 Å². The fraction of sp³-hybridized carbons (Fsp3) is 0.900. The number of ether oxygens (including phenoxy) is 1. The van der Waals surface area contributed by atoms with Gasteiger partial charge in [-0.3, -0.25) is 4.79 Å². The molecule has 3 nitrogen and oxygen atoms in total. The van der Waals surface area contributed by atoms with Crippen molar-refractivity contribution < 1.29 is 22.7 Å². The molecule has 0 aromatic heterocycles. The number of carbonyl (C=O) groups is 1. The van der Waals surface area contributed by atoms with Crippen molar-refractivity contribution in [3.05, 3.63) is 0 Å². The predicted molar refractivity (Wildman–Crippen MR) is 49.4 cm³/mol. The minimum absolute atomic E-state index is 0.0243. The monoisotopic (exact) mass is 237 g/mol. The number of carbonyl (C=O) groups excluding carboxylic acids is 1. The Balaban J connectivity index is 1.96. The van der Waals surface area contributed by atoms with Gasteiger partial charge in [0.15, 0.2) is 0 Å². The maximum absolute atomic E-state index is 12.5. The Kier molecular flexibility index (Phi) is 2.28. The number of nitrogens with two attached hydrogens (primary N) is 1. The van der Waals surface area contributed by atoms with Gasteiger partial charge in [-0.2, -0.15) is 13.2 Å². The van der Waals surface area contributed by atoms with Crippen molar-refractivity contribution in [3.8, 4) is 0 Å². The molecule has 3 saturated carbocycles. The molecule has 3 aliphatic carbocycles. The highest BCUT2D eigenvalue weighted by molar-refractivity contribution is 5.77. The molecule has 92 valence electrons. The third kappa shape index (κ3) is 1.28. The molecule has 3 rings (SSSR count). The lowest BCUT2D eigenvalue weighted by atomic mass is 9.33. The zero-order chi connectivity index (χ0) is 12.2. The Bertz CT molecular complexity index is 307. The highest BCUT2D eigenvalue weighted by Gasteiger charge is 2.80. The summed E-state index contributed by atoms with van der Waals surface area (Å²) in [4.78, 5) is 11.3. The van der Waals surface area contributed by atoms with Crippen LogP contribution in [0, 0.1) is 10.8 Å². The van der Waals surface area contributed by atoms with Crippen LogP contribution in [0.15, 0.2) is 0 Å². The molecule has 0 amide bonds. The van der Waals surface area contributed by atoms with Crippen molar-refractivity contribution in [2.45, 2.75) is 38.4 Å². The SMILES string of the molecule is CCOC(=O)C(N)C12CC(C(F)(F)F)(C1)C2. The Hall–Kier alpha value is -0.780. The Labute approximate surface area is 91.1 Å². The van der Waals surface area contributed by atoms with Crippen LogP contribution in [-0.2, 0) is 9.53 Å². The number of alkyl halides is 3. The molecule has 1 atom stereocenters. The average molecular weight is 237 g/mol. The normalized spacial score (nSPS) is 38.3. The summed E-state index contributed by atoms with van der Waals surface area (Å²) in [5, 5.41) is 0. The van der Waals surface area contributed by atoms with Crippen LogP contribution in [0.2, 0.25) is 0 Å². The summed E-state index contributed by atoms with van der Waals surface area (Å²) in [5.41, 5.74) is 3.43. The molecule has 0 radical (unpaired) electrons. The first-order valence-electron chi connectivity index (χ1n) is 5.25. The third-order valence-corrected chi connectivity index (χ3v) is 3.87. The number of hydrogen-bond acceptors (Lipinski definition) is 3. The Morgan fingerprint density at radius 1 is 1.44 bits per heavy atom. The molecule has 2 N–H and O–H groups in total. The summed E-state index contributed by atoms with van der Waals surface area (Å²) in [5.74, 6) is -0.585. The fourth-order valence-electron chi connectivity index (χ4n) is 2.98. The second kappa shape index (κ2) is 3.12. The van der Waals surface area contributed by atoms with Gasteiger partial charge in [0.25, 0.3) is 0 Å². The van der Waals surface area contributed by atoms with Gasteiger partial charge in [-0.25, -0.2) is 0 Å². The van der Waals surface area contributed by atoms with E-state index < -0.39 is 29.0 Å². The van der Waals surface area contributed by atoms with E-state index in [0.29, 0.717) is 0 Å². The first-order valence-corrected chi connectivity index (χ1v) is 5.25. The van der Waals surface area contributed by atoms with Crippen LogP contribution in [0.1, 0.15) is 26.2 Å². The molecular weight excluding hydrogens is 223 g/mol. The third-order valence-electron chi connectivity index (χ3n) is 3.87. The molecule has 3 fully saturated rings. The number of esters is 1. The minimum Gasteiger partial charge on any atom is -0.465 e. The molecule has 0 spiro atoms. The van der Waals surface area contributed by atoms with Gasteiger partial charge < -0.3 is 10.5 Å². The van der Waals surface area contributed by atoms with Crippen LogP contribution in [-0.4, -0.2) is 24.8 Å². The molecule has 3 aliphatic rings. The number of halogens is 3. The van der Waals surface area contributed by atoms with E-state index in [1.165, 1.54) is 0 Å². The van der Waals surface area contributed by atoms with E-state index in [4.69, 9.17) is 10.5 Å². The van der Waals surface area contributed by atoms with Crippen molar-refractivity contribution >= 4 is 5.97 Å². The van der Waals surface area contributed by atoms with Gasteiger partial charge in [0.05, 0.1) is 12.0 Å². The number of hydrogen-bond donors (Lipinski definition) is 1. The molecule has 0 heterocycles. The summed E-state index contributed by atoms with van der Waals surface area (Å²) in [6.07, 6.45) is -4.24. The van der Waals surface area contributed by atoms with Crippen molar-refractivity contribution in [1.29, 1.82) is 0 Å². The molecule has 0 aliphatic heterocycles. The quantitative estimate of drug-likeness (QED) is 0.759. The fourth-order valence-corrected chi connectivity index (χ4v) is 2.98. The van der Waals surface area contributed by atoms with Crippen molar-refractivity contribution in [3.63, 3.8) is 0 Å². The van der Waals surface area contributed by atoms with Crippen molar-refractivity contribution in [2.24, 2.45) is 16.6 Å². The first-order chi connectivity index (χ1) is 7.26. The van der Waals surface area contributed by atoms with Crippen LogP contribution in [0.4, 0.5) is 13.2 Å². The molecule has 2 bridgehead atoms. The van der Waals surface area contributed by atoms with E-state index in [-0.39, 0.29) is 25.9 Å². The van der Waals surface area contributed by atoms with Crippen LogP contribution in [0.25, 0.3) is 0 Å². The van der Waals surface area contributed by atoms with Gasteiger partial charge in [-0.05, 0) is 31.6 Å². The molecule has 16 heavy (non-hydrogen) atoms. The van der Waals surface area contributed by atoms with E-state index in [2.05, 4.69) is 0 Å². The molecule has 1 unspecified atom stereocenters. The van der Waals surface area contributed by atoms with Crippen LogP contribution in [0.3, 0.4) is 0 Å². The maximum Gasteiger partial charge on any atom is 0.394 e. The number of rotatable bonds is 3. The second-order valence-electron chi connectivity index (χ2n) is 4.90. The smallest absolute Gasteiger partial charge is 0.394 e. The largest absolute Gasteiger partial charge is 0.465 e. The van der Waals surface area contributed by atoms with Gasteiger partial charge in [-0.1, -0.05) is 0 Å². The topological polar surface area (TPSA) is 52.3 Å². The summed E-state index contributed by atoms with van der Waals surface area (Å²) in [6, 6.07) is -0.906. The van der Waals surface area contributed by atoms with Gasteiger partial charge in [-0.15, -0.1) is 0 Å². The molecule has 0 saturated heterocycles. The van der Waals surface area contributed by atoms with Crippen LogP contribution < -0.4 is 5.73 Å². The van der Waals surface area contributed by atoms with Gasteiger partial charge in [0.1, 0.15) is 6.04 Å². The molecule has 0 aromatic carbocycles. The van der Waals surface area contributed by atoms with Crippen molar-refractivity contribution in [1.82, 2.24) is 0 Å². The summed E-state index contributed by atoms with van der Waals surface area (Å²) in [6.45, 7) is 1.84. The van der Waals surface area contributed by atoms with Gasteiger partial charge >= 0.3 is 12.1 Å². The van der Waals surface area contributed by atoms with Gasteiger partial charge in [0.2, 0.25) is 0 Å². The summed E-state index contributed by atoms with van der Waals surface area (Å²) in [7, 11) is 0. The molecule has 0 aromatic rings. The first kappa shape index (κ1) is 11.7. The average Bonchev–Trinajstić information content (AvgIpc) is 1.96. The lowest BCUT2D eigenvalue weighted by Crippen LogP contribution is -2.74. The standard InChI is InChI=1S/C10H14F3NO2/c1-2-16-7(15)6(14)8-3-9(4-8,5-8)10(11,12)13/h6H,2-5,14H2,1H3. The van der Waals surface area contributed by atoms with Crippen molar-refractivity contribution in [2.75, 3.05) is 6.61 Å². The predicted octanol–water partition coefficient (Wildman–Crippen LogP) is 1.61. The van der Waals surface area contributed by atoms with E-state index in [0.717, 1.165) is 0 Å². The molecular formula is C10H14F3NO2. The van der Waals surface area contributed by atoms with Crippen LogP contribution in [0.5, 0.6) is 0 Å². The van der Waals surface area contributed by atoms with E-state index >= 15 is 0 Å². The zero-order valence-corrected chi connectivity index (χ0v) is 8.93. The van der Waals surface area contributed by atoms with E-state index in [1.54, 1.807) is 6.92 Å². The Morgan fingerprint density at radius 2 is 1.94 bits per heavy atom. The summed E-state index contributed by atoms with van der Waals surface area (Å²) < 4.78 is 42.4. The highest BCUT2D eigenvalue weighted by Crippen LogP contribution is 2.79. The van der Waals surface area contributed by atoms with Crippen LogP contribution >= 0.6 is 0 Å². The highest BCUT2D eigenvalue weighted by atomic mass is 19.4. The molecule has 6 heteroatoms. The second-order valence-corrected chi connectivity index (χ2v) is 4.90. The lowest BCUT2D eigenvalue weighted by molar-refractivity contribution is -0.366. The lowest BCUT2D eigenvalue weighted by Gasteiger charge is -2.71.